The van der Waals surface area contributed by atoms with E-state index >= 15 is 0 Å². The Balaban J connectivity index is 1.29. The van der Waals surface area contributed by atoms with Gasteiger partial charge in [0.05, 0.1) is 24.3 Å². The maximum absolute atomic E-state index is 12.8. The molecule has 0 saturated carbocycles. The first-order chi connectivity index (χ1) is 14.9. The highest BCUT2D eigenvalue weighted by Crippen LogP contribution is 2.42. The van der Waals surface area contributed by atoms with Gasteiger partial charge in [-0.25, -0.2) is 32.2 Å². The summed E-state index contributed by atoms with van der Waals surface area (Å²) >= 11 is 0. The van der Waals surface area contributed by atoms with Crippen LogP contribution in [-0.2, 0) is 6.54 Å². The van der Waals surface area contributed by atoms with Crippen molar-refractivity contribution in [1.29, 1.82) is 0 Å². The van der Waals surface area contributed by atoms with Gasteiger partial charge in [-0.05, 0) is 25.0 Å². The molecule has 0 amide bonds. The summed E-state index contributed by atoms with van der Waals surface area (Å²) in [5.41, 5.74) is 1.54. The van der Waals surface area contributed by atoms with Gasteiger partial charge in [0.25, 0.3) is 12.9 Å². The molecule has 5 rings (SSSR count). The lowest BCUT2D eigenvalue weighted by molar-refractivity contribution is 0.123. The van der Waals surface area contributed by atoms with E-state index in [0.717, 1.165) is 44.7 Å². The van der Waals surface area contributed by atoms with Crippen LogP contribution in [0.25, 0.3) is 11.2 Å². The summed E-state index contributed by atoms with van der Waals surface area (Å²) in [5.74, 6) is 0.647. The SMILES string of the molecule is FC(F)Cn1ncc2ncc(N3CC4(CCCN(c5ccc(C(F)F)nc5)C4)C3)nc21. The number of hydrogen-bond donors (Lipinski definition) is 0. The molecule has 1 spiro atoms. The molecule has 0 unspecified atom stereocenters. The van der Waals surface area contributed by atoms with E-state index in [-0.39, 0.29) is 11.1 Å². The predicted octanol–water partition coefficient (Wildman–Crippen LogP) is 3.53. The van der Waals surface area contributed by atoms with Gasteiger partial charge in [-0.3, -0.25) is 4.98 Å². The number of aromatic nitrogens is 5. The van der Waals surface area contributed by atoms with Crippen molar-refractivity contribution in [3.8, 4) is 0 Å². The fourth-order valence-electron chi connectivity index (χ4n) is 4.58. The van der Waals surface area contributed by atoms with Crippen LogP contribution in [0, 0.1) is 5.41 Å². The molecular weight excluding hydrogens is 414 g/mol. The number of anilines is 2. The molecule has 3 aromatic rings. The van der Waals surface area contributed by atoms with Gasteiger partial charge in [-0.2, -0.15) is 5.10 Å². The van der Waals surface area contributed by atoms with E-state index < -0.39 is 19.4 Å². The van der Waals surface area contributed by atoms with Crippen LogP contribution in [0.5, 0.6) is 0 Å². The minimum atomic E-state index is -2.57. The lowest BCUT2D eigenvalue weighted by Gasteiger charge is -2.55. The van der Waals surface area contributed by atoms with Gasteiger partial charge in [0.1, 0.15) is 23.6 Å². The molecule has 2 saturated heterocycles. The van der Waals surface area contributed by atoms with Gasteiger partial charge in [-0.1, -0.05) is 0 Å². The third kappa shape index (κ3) is 3.77. The van der Waals surface area contributed by atoms with Crippen LogP contribution >= 0.6 is 0 Å². The van der Waals surface area contributed by atoms with Crippen molar-refractivity contribution in [2.75, 3.05) is 36.0 Å². The number of pyridine rings is 1. The molecule has 0 aliphatic carbocycles. The van der Waals surface area contributed by atoms with E-state index in [1.807, 2.05) is 0 Å². The second-order valence-corrected chi connectivity index (χ2v) is 8.28. The average Bonchev–Trinajstić information content (AvgIpc) is 3.13. The molecule has 164 valence electrons. The van der Waals surface area contributed by atoms with Crippen LogP contribution in [0.2, 0.25) is 0 Å². The molecule has 11 heteroatoms. The zero-order valence-corrected chi connectivity index (χ0v) is 16.6. The van der Waals surface area contributed by atoms with Crippen molar-refractivity contribution >= 4 is 22.7 Å². The Morgan fingerprint density at radius 1 is 0.968 bits per heavy atom. The summed E-state index contributed by atoms with van der Waals surface area (Å²) in [6.07, 6.45) is 1.57. The van der Waals surface area contributed by atoms with Crippen LogP contribution in [0.1, 0.15) is 25.0 Å². The maximum Gasteiger partial charge on any atom is 0.280 e. The fourth-order valence-corrected chi connectivity index (χ4v) is 4.58. The number of alkyl halides is 4. The zero-order chi connectivity index (χ0) is 21.6. The van der Waals surface area contributed by atoms with Crippen LogP contribution < -0.4 is 9.80 Å². The molecule has 3 aromatic heterocycles. The predicted molar refractivity (Wildman–Crippen MR) is 107 cm³/mol. The average molecular weight is 435 g/mol. The Morgan fingerprint density at radius 3 is 2.48 bits per heavy atom. The highest BCUT2D eigenvalue weighted by molar-refractivity contribution is 5.71. The molecule has 0 N–H and O–H groups in total. The first kappa shape index (κ1) is 20.0. The van der Waals surface area contributed by atoms with Crippen molar-refractivity contribution in [1.82, 2.24) is 24.7 Å². The number of hydrogen-bond acceptors (Lipinski definition) is 6. The topological polar surface area (TPSA) is 63.0 Å². The molecule has 5 heterocycles. The monoisotopic (exact) mass is 435 g/mol. The quantitative estimate of drug-likeness (QED) is 0.572. The second-order valence-electron chi connectivity index (χ2n) is 8.28. The summed E-state index contributed by atoms with van der Waals surface area (Å²) in [5, 5.41) is 3.96. The molecule has 31 heavy (non-hydrogen) atoms. The molecule has 2 aliphatic rings. The first-order valence-electron chi connectivity index (χ1n) is 10.1. The largest absolute Gasteiger partial charge is 0.370 e. The van der Waals surface area contributed by atoms with Crippen molar-refractivity contribution in [2.45, 2.75) is 32.2 Å². The van der Waals surface area contributed by atoms with Gasteiger partial charge < -0.3 is 9.80 Å². The fraction of sp³-hybridized carbons (Fsp3) is 0.500. The van der Waals surface area contributed by atoms with Gasteiger partial charge in [0, 0.05) is 31.6 Å². The maximum atomic E-state index is 12.8. The van der Waals surface area contributed by atoms with Gasteiger partial charge in [0.15, 0.2) is 5.65 Å². The Morgan fingerprint density at radius 2 is 1.77 bits per heavy atom. The molecule has 2 fully saturated rings. The molecule has 2 aliphatic heterocycles. The Hall–Kier alpha value is -2.98. The summed E-state index contributed by atoms with van der Waals surface area (Å²) in [6, 6.07) is 3.08. The smallest absolute Gasteiger partial charge is 0.280 e. The molecule has 0 bridgehead atoms. The first-order valence-corrected chi connectivity index (χ1v) is 10.1. The summed E-state index contributed by atoms with van der Waals surface area (Å²) in [4.78, 5) is 17.0. The highest BCUT2D eigenvalue weighted by atomic mass is 19.3. The van der Waals surface area contributed by atoms with Crippen LogP contribution in [0.15, 0.2) is 30.7 Å². The molecule has 0 aromatic carbocycles. The Labute approximate surface area is 175 Å². The van der Waals surface area contributed by atoms with Gasteiger partial charge >= 0.3 is 0 Å². The van der Waals surface area contributed by atoms with E-state index in [4.69, 9.17) is 0 Å². The standard InChI is InChI=1S/C20H21F4N7/c21-16(22)9-31-19-15(7-27-31)26-8-17(28-19)30-11-20(12-30)4-1-5-29(10-20)13-2-3-14(18(23)24)25-6-13/h2-3,6-8,16,18H,1,4-5,9-12H2. The number of nitrogens with zero attached hydrogens (tertiary/aromatic N) is 7. The summed E-state index contributed by atoms with van der Waals surface area (Å²) in [7, 11) is 0. The van der Waals surface area contributed by atoms with Crippen LogP contribution in [0.3, 0.4) is 0 Å². The number of piperidine rings is 1. The Kier molecular flexibility index (Phi) is 4.90. The zero-order valence-electron chi connectivity index (χ0n) is 16.6. The van der Waals surface area contributed by atoms with Crippen molar-refractivity contribution in [2.24, 2.45) is 5.41 Å². The lowest BCUT2D eigenvalue weighted by atomic mass is 9.73. The highest BCUT2D eigenvalue weighted by Gasteiger charge is 2.46. The van der Waals surface area contributed by atoms with Crippen molar-refractivity contribution in [3.05, 3.63) is 36.4 Å². The van der Waals surface area contributed by atoms with Gasteiger partial charge in [-0.15, -0.1) is 0 Å². The molecule has 0 radical (unpaired) electrons. The minimum Gasteiger partial charge on any atom is -0.370 e. The summed E-state index contributed by atoms with van der Waals surface area (Å²) in [6.45, 7) is 2.69. The van der Waals surface area contributed by atoms with E-state index in [9.17, 15) is 17.6 Å². The van der Waals surface area contributed by atoms with Crippen molar-refractivity contribution in [3.63, 3.8) is 0 Å². The van der Waals surface area contributed by atoms with Crippen LogP contribution in [0.4, 0.5) is 29.1 Å². The molecule has 0 atom stereocenters. The molecular formula is C20H21F4N7. The Bertz CT molecular complexity index is 1060. The van der Waals surface area contributed by atoms with Gasteiger partial charge in [0.2, 0.25) is 0 Å². The minimum absolute atomic E-state index is 0.0689. The van der Waals surface area contributed by atoms with Crippen LogP contribution in [-0.4, -0.2) is 57.3 Å². The number of rotatable bonds is 5. The molecule has 7 nitrogen and oxygen atoms in total. The lowest BCUT2D eigenvalue weighted by Crippen LogP contribution is -2.63. The normalized spacial score (nSPS) is 18.4. The third-order valence-electron chi connectivity index (χ3n) is 6.04. The third-order valence-corrected chi connectivity index (χ3v) is 6.04. The number of fused-ring (bicyclic) bond motifs is 1. The van der Waals surface area contributed by atoms with E-state index in [1.54, 1.807) is 12.3 Å². The van der Waals surface area contributed by atoms with E-state index in [2.05, 4.69) is 29.9 Å². The van der Waals surface area contributed by atoms with E-state index in [1.165, 1.54) is 23.1 Å². The van der Waals surface area contributed by atoms with Crippen molar-refractivity contribution < 1.29 is 17.6 Å². The summed E-state index contributed by atoms with van der Waals surface area (Å²) < 4.78 is 52.3. The van der Waals surface area contributed by atoms with E-state index in [0.29, 0.717) is 17.0 Å². The second kappa shape index (κ2) is 7.61. The number of halogens is 4.